The van der Waals surface area contributed by atoms with E-state index in [9.17, 15) is 0 Å². The summed E-state index contributed by atoms with van der Waals surface area (Å²) in [5.41, 5.74) is 0. The van der Waals surface area contributed by atoms with E-state index in [4.69, 9.17) is 4.42 Å². The third kappa shape index (κ3) is 2.51. The Balaban J connectivity index is 1.82. The van der Waals surface area contributed by atoms with Crippen LogP contribution in [0.15, 0.2) is 21.2 Å². The van der Waals surface area contributed by atoms with Crippen molar-refractivity contribution in [2.75, 3.05) is 11.5 Å². The Morgan fingerprint density at radius 3 is 3.23 bits per heavy atom. The van der Waals surface area contributed by atoms with E-state index in [0.717, 1.165) is 16.8 Å². The second-order valence-corrected chi connectivity index (χ2v) is 5.14. The fraction of sp³-hybridized carbons (Fsp3) is 0.556. The average molecular weight is 262 g/mol. The molecule has 1 aromatic rings. The van der Waals surface area contributed by atoms with Crippen LogP contribution in [0.2, 0.25) is 0 Å². The number of nitrogens with one attached hydrogen (secondary N) is 1. The minimum atomic E-state index is 0.669. The Morgan fingerprint density at radius 2 is 2.62 bits per heavy atom. The Kier molecular flexibility index (Phi) is 3.35. The Bertz CT molecular complexity index is 270. The van der Waals surface area contributed by atoms with Gasteiger partial charge in [-0.3, -0.25) is 0 Å². The lowest BCUT2D eigenvalue weighted by Crippen LogP contribution is -2.27. The van der Waals surface area contributed by atoms with Gasteiger partial charge in [0.05, 0.1) is 17.3 Å². The van der Waals surface area contributed by atoms with Crippen molar-refractivity contribution < 1.29 is 4.42 Å². The standard InChI is InChI=1S/C9H12BrNOS/c10-8-1-3-12-9(8)5-11-7-2-4-13-6-7/h1,3,7,11H,2,4-6H2. The molecule has 0 aromatic carbocycles. The fourth-order valence-corrected chi connectivity index (χ4v) is 2.91. The lowest BCUT2D eigenvalue weighted by molar-refractivity contribution is 0.455. The topological polar surface area (TPSA) is 25.2 Å². The van der Waals surface area contributed by atoms with Crippen LogP contribution in [-0.2, 0) is 6.54 Å². The smallest absolute Gasteiger partial charge is 0.131 e. The molecule has 0 radical (unpaired) electrons. The van der Waals surface area contributed by atoms with E-state index >= 15 is 0 Å². The monoisotopic (exact) mass is 261 g/mol. The quantitative estimate of drug-likeness (QED) is 0.906. The highest BCUT2D eigenvalue weighted by molar-refractivity contribution is 9.10. The van der Waals surface area contributed by atoms with Crippen molar-refractivity contribution in [2.24, 2.45) is 0 Å². The number of thioether (sulfide) groups is 1. The van der Waals surface area contributed by atoms with Crippen LogP contribution in [0.25, 0.3) is 0 Å². The predicted molar refractivity (Wildman–Crippen MR) is 59.0 cm³/mol. The summed E-state index contributed by atoms with van der Waals surface area (Å²) in [4.78, 5) is 0. The number of hydrogen-bond acceptors (Lipinski definition) is 3. The third-order valence-corrected chi connectivity index (χ3v) is 4.04. The molecule has 0 saturated carbocycles. The van der Waals surface area contributed by atoms with E-state index < -0.39 is 0 Å². The Labute approximate surface area is 90.6 Å². The molecule has 2 rings (SSSR count). The van der Waals surface area contributed by atoms with Crippen molar-refractivity contribution in [1.29, 1.82) is 0 Å². The van der Waals surface area contributed by atoms with E-state index in [-0.39, 0.29) is 0 Å². The first kappa shape index (κ1) is 9.62. The second kappa shape index (κ2) is 4.53. The van der Waals surface area contributed by atoms with Crippen molar-refractivity contribution in [2.45, 2.75) is 19.0 Å². The van der Waals surface area contributed by atoms with Gasteiger partial charge in [0.15, 0.2) is 0 Å². The number of rotatable bonds is 3. The maximum atomic E-state index is 5.31. The molecule has 0 bridgehead atoms. The summed E-state index contributed by atoms with van der Waals surface area (Å²) >= 11 is 5.46. The summed E-state index contributed by atoms with van der Waals surface area (Å²) in [6.45, 7) is 0.832. The van der Waals surface area contributed by atoms with Gasteiger partial charge in [0.1, 0.15) is 5.76 Å². The van der Waals surface area contributed by atoms with E-state index in [0.29, 0.717) is 6.04 Å². The molecular weight excluding hydrogens is 250 g/mol. The minimum absolute atomic E-state index is 0.669. The summed E-state index contributed by atoms with van der Waals surface area (Å²) in [6, 6.07) is 2.60. The van der Waals surface area contributed by atoms with Crippen LogP contribution in [0.4, 0.5) is 0 Å². The molecule has 1 aliphatic rings. The molecule has 4 heteroatoms. The first-order valence-corrected chi connectivity index (χ1v) is 6.34. The minimum Gasteiger partial charge on any atom is -0.467 e. The molecule has 1 N–H and O–H groups in total. The van der Waals surface area contributed by atoms with Crippen LogP contribution >= 0.6 is 27.7 Å². The first-order chi connectivity index (χ1) is 6.36. The molecule has 2 heterocycles. The molecule has 13 heavy (non-hydrogen) atoms. The van der Waals surface area contributed by atoms with Gasteiger partial charge >= 0.3 is 0 Å². The largest absolute Gasteiger partial charge is 0.467 e. The van der Waals surface area contributed by atoms with Gasteiger partial charge in [-0.25, -0.2) is 0 Å². The molecule has 0 aliphatic carbocycles. The first-order valence-electron chi connectivity index (χ1n) is 4.39. The van der Waals surface area contributed by atoms with Crippen LogP contribution in [0.3, 0.4) is 0 Å². The predicted octanol–water partition coefficient (Wildman–Crippen LogP) is 2.64. The summed E-state index contributed by atoms with van der Waals surface area (Å²) < 4.78 is 6.37. The molecule has 1 unspecified atom stereocenters. The maximum Gasteiger partial charge on any atom is 0.131 e. The van der Waals surface area contributed by atoms with Gasteiger partial charge in [-0.2, -0.15) is 11.8 Å². The molecule has 72 valence electrons. The molecular formula is C9H12BrNOS. The Morgan fingerprint density at radius 1 is 1.69 bits per heavy atom. The van der Waals surface area contributed by atoms with Crippen LogP contribution in [0.1, 0.15) is 12.2 Å². The van der Waals surface area contributed by atoms with Gasteiger partial charge < -0.3 is 9.73 Å². The molecule has 1 aromatic heterocycles. The van der Waals surface area contributed by atoms with Crippen molar-refractivity contribution >= 4 is 27.7 Å². The normalized spacial score (nSPS) is 22.4. The zero-order valence-corrected chi connectivity index (χ0v) is 9.66. The molecule has 0 amide bonds. The van der Waals surface area contributed by atoms with Crippen molar-refractivity contribution in [3.8, 4) is 0 Å². The van der Waals surface area contributed by atoms with Crippen molar-refractivity contribution in [3.05, 3.63) is 22.6 Å². The fourth-order valence-electron chi connectivity index (χ4n) is 1.38. The number of furan rings is 1. The molecule has 0 spiro atoms. The lowest BCUT2D eigenvalue weighted by atomic mass is 10.2. The van der Waals surface area contributed by atoms with Gasteiger partial charge in [-0.05, 0) is 34.2 Å². The van der Waals surface area contributed by atoms with Crippen LogP contribution < -0.4 is 5.32 Å². The van der Waals surface area contributed by atoms with Crippen LogP contribution in [-0.4, -0.2) is 17.5 Å². The van der Waals surface area contributed by atoms with E-state index in [1.165, 1.54) is 17.9 Å². The third-order valence-electron chi connectivity index (χ3n) is 2.17. The number of halogens is 1. The maximum absolute atomic E-state index is 5.31. The second-order valence-electron chi connectivity index (χ2n) is 3.13. The lowest BCUT2D eigenvalue weighted by Gasteiger charge is -2.09. The zero-order chi connectivity index (χ0) is 9.10. The van der Waals surface area contributed by atoms with E-state index in [1.54, 1.807) is 6.26 Å². The SMILES string of the molecule is Brc1ccoc1CNC1CCSC1. The van der Waals surface area contributed by atoms with E-state index in [1.807, 2.05) is 17.8 Å². The Hall–Kier alpha value is 0.0700. The highest BCUT2D eigenvalue weighted by atomic mass is 79.9. The molecule has 2 nitrogen and oxygen atoms in total. The van der Waals surface area contributed by atoms with Gasteiger partial charge in [0.25, 0.3) is 0 Å². The highest BCUT2D eigenvalue weighted by Gasteiger charge is 2.15. The summed E-state index contributed by atoms with van der Waals surface area (Å²) in [7, 11) is 0. The van der Waals surface area contributed by atoms with Crippen LogP contribution in [0, 0.1) is 0 Å². The van der Waals surface area contributed by atoms with Gasteiger partial charge in [0, 0.05) is 11.8 Å². The molecule has 1 atom stereocenters. The van der Waals surface area contributed by atoms with E-state index in [2.05, 4.69) is 21.2 Å². The zero-order valence-electron chi connectivity index (χ0n) is 7.25. The summed E-state index contributed by atoms with van der Waals surface area (Å²) in [5.74, 6) is 3.52. The van der Waals surface area contributed by atoms with Gasteiger partial charge in [0.2, 0.25) is 0 Å². The molecule has 1 aliphatic heterocycles. The van der Waals surface area contributed by atoms with Gasteiger partial charge in [-0.1, -0.05) is 0 Å². The summed E-state index contributed by atoms with van der Waals surface area (Å²) in [6.07, 6.45) is 2.99. The average Bonchev–Trinajstić information content (AvgIpc) is 2.72. The van der Waals surface area contributed by atoms with Crippen molar-refractivity contribution in [3.63, 3.8) is 0 Å². The molecule has 1 saturated heterocycles. The summed E-state index contributed by atoms with van der Waals surface area (Å²) in [5, 5.41) is 3.48. The molecule has 1 fully saturated rings. The van der Waals surface area contributed by atoms with Gasteiger partial charge in [-0.15, -0.1) is 0 Å². The number of hydrogen-bond donors (Lipinski definition) is 1. The highest BCUT2D eigenvalue weighted by Crippen LogP contribution is 2.20. The van der Waals surface area contributed by atoms with Crippen LogP contribution in [0.5, 0.6) is 0 Å². The van der Waals surface area contributed by atoms with Crippen molar-refractivity contribution in [1.82, 2.24) is 5.32 Å².